The minimum Gasteiger partial charge on any atom is -0.327 e. The number of carbonyl (C=O) groups excluding carboxylic acids is 1. The number of fused-ring (bicyclic) bond motifs is 1. The Hall–Kier alpha value is -1.88. The highest BCUT2D eigenvalue weighted by Gasteiger charge is 2.18. The lowest BCUT2D eigenvalue weighted by Crippen LogP contribution is -2.34. The second-order valence-electron chi connectivity index (χ2n) is 4.24. The lowest BCUT2D eigenvalue weighted by Gasteiger charge is -2.13. The third-order valence-electron chi connectivity index (χ3n) is 2.83. The van der Waals surface area contributed by atoms with Gasteiger partial charge < -0.3 is 10.7 Å². The number of imidazole rings is 1. The molecule has 0 radical (unpaired) electrons. The van der Waals surface area contributed by atoms with Gasteiger partial charge in [-0.3, -0.25) is 10.1 Å². The normalized spacial score (nSPS) is 14.5. The molecule has 4 N–H and O–H groups in total. The Bertz CT molecular complexity index is 499. The van der Waals surface area contributed by atoms with Crippen LogP contribution in [-0.2, 0) is 4.79 Å². The van der Waals surface area contributed by atoms with Crippen LogP contribution < -0.4 is 11.1 Å². The third-order valence-corrected chi connectivity index (χ3v) is 2.83. The number of aromatic amines is 1. The molecule has 2 atom stereocenters. The van der Waals surface area contributed by atoms with E-state index in [2.05, 4.69) is 15.3 Å². The molecule has 0 fully saturated rings. The van der Waals surface area contributed by atoms with Crippen molar-refractivity contribution in [1.29, 1.82) is 0 Å². The van der Waals surface area contributed by atoms with E-state index >= 15 is 0 Å². The van der Waals surface area contributed by atoms with Crippen LogP contribution in [0, 0.1) is 5.92 Å². The third kappa shape index (κ3) is 2.45. The van der Waals surface area contributed by atoms with Crippen molar-refractivity contribution in [1.82, 2.24) is 9.97 Å². The zero-order chi connectivity index (χ0) is 12.4. The Morgan fingerprint density at radius 3 is 2.76 bits per heavy atom. The van der Waals surface area contributed by atoms with E-state index < -0.39 is 0 Å². The first-order valence-corrected chi connectivity index (χ1v) is 5.59. The van der Waals surface area contributed by atoms with Gasteiger partial charge in [-0.25, -0.2) is 4.98 Å². The fourth-order valence-electron chi connectivity index (χ4n) is 1.48. The molecule has 0 saturated heterocycles. The predicted molar refractivity (Wildman–Crippen MR) is 67.5 cm³/mol. The number of amides is 1. The number of benzene rings is 1. The molecule has 0 aliphatic rings. The highest BCUT2D eigenvalue weighted by Crippen LogP contribution is 2.14. The van der Waals surface area contributed by atoms with E-state index in [0.717, 1.165) is 11.0 Å². The Morgan fingerprint density at radius 1 is 1.41 bits per heavy atom. The fourth-order valence-corrected chi connectivity index (χ4v) is 1.48. The average Bonchev–Trinajstić information content (AvgIpc) is 2.69. The van der Waals surface area contributed by atoms with Gasteiger partial charge in [-0.2, -0.15) is 0 Å². The SMILES string of the molecule is CC(N)C(C)C(=O)Nc1nc2ccccc2[nH]1. The minimum atomic E-state index is -0.247. The van der Waals surface area contributed by atoms with Gasteiger partial charge in [-0.1, -0.05) is 19.1 Å². The summed E-state index contributed by atoms with van der Waals surface area (Å²) in [7, 11) is 0. The molecule has 2 aromatic rings. The van der Waals surface area contributed by atoms with E-state index in [0.29, 0.717) is 5.95 Å². The molecular weight excluding hydrogens is 216 g/mol. The number of hydrogen-bond acceptors (Lipinski definition) is 3. The van der Waals surface area contributed by atoms with Gasteiger partial charge in [-0.05, 0) is 19.1 Å². The van der Waals surface area contributed by atoms with Gasteiger partial charge in [0.25, 0.3) is 0 Å². The number of hydrogen-bond donors (Lipinski definition) is 3. The van der Waals surface area contributed by atoms with Crippen LogP contribution >= 0.6 is 0 Å². The van der Waals surface area contributed by atoms with Crippen molar-refractivity contribution in [3.8, 4) is 0 Å². The number of nitrogens with two attached hydrogens (primary N) is 1. The summed E-state index contributed by atoms with van der Waals surface area (Å²) in [5.41, 5.74) is 7.40. The maximum atomic E-state index is 11.8. The van der Waals surface area contributed by atoms with Crippen molar-refractivity contribution in [2.75, 3.05) is 5.32 Å². The highest BCUT2D eigenvalue weighted by molar-refractivity contribution is 5.92. The van der Waals surface area contributed by atoms with Gasteiger partial charge >= 0.3 is 0 Å². The summed E-state index contributed by atoms with van der Waals surface area (Å²) in [5.74, 6) is 0.0889. The summed E-state index contributed by atoms with van der Waals surface area (Å²) in [6.45, 7) is 3.60. The average molecular weight is 232 g/mol. The first-order valence-electron chi connectivity index (χ1n) is 5.59. The van der Waals surface area contributed by atoms with Crippen LogP contribution in [0.5, 0.6) is 0 Å². The van der Waals surface area contributed by atoms with Crippen LogP contribution in [0.25, 0.3) is 11.0 Å². The first-order chi connectivity index (χ1) is 8.08. The van der Waals surface area contributed by atoms with E-state index in [1.807, 2.05) is 31.2 Å². The summed E-state index contributed by atoms with van der Waals surface area (Å²) < 4.78 is 0. The van der Waals surface area contributed by atoms with Crippen molar-refractivity contribution in [2.24, 2.45) is 11.7 Å². The van der Waals surface area contributed by atoms with Gasteiger partial charge in [0.1, 0.15) is 0 Å². The fraction of sp³-hybridized carbons (Fsp3) is 0.333. The van der Waals surface area contributed by atoms with Crippen LogP contribution in [0.4, 0.5) is 5.95 Å². The number of nitrogens with one attached hydrogen (secondary N) is 2. The zero-order valence-corrected chi connectivity index (χ0v) is 9.90. The molecule has 5 nitrogen and oxygen atoms in total. The summed E-state index contributed by atoms with van der Waals surface area (Å²) in [4.78, 5) is 19.1. The van der Waals surface area contributed by atoms with E-state index in [4.69, 9.17) is 5.73 Å². The Kier molecular flexibility index (Phi) is 3.10. The number of nitrogens with zero attached hydrogens (tertiary/aromatic N) is 1. The molecule has 0 aliphatic carbocycles. The highest BCUT2D eigenvalue weighted by atomic mass is 16.2. The summed E-state index contributed by atoms with van der Waals surface area (Å²) in [6, 6.07) is 7.43. The first kappa shape index (κ1) is 11.6. The molecule has 1 heterocycles. The molecule has 0 aliphatic heterocycles. The molecule has 90 valence electrons. The van der Waals surface area contributed by atoms with Gasteiger partial charge in [0, 0.05) is 6.04 Å². The molecule has 5 heteroatoms. The lowest BCUT2D eigenvalue weighted by molar-refractivity contribution is -0.119. The smallest absolute Gasteiger partial charge is 0.231 e. The largest absolute Gasteiger partial charge is 0.327 e. The maximum Gasteiger partial charge on any atom is 0.231 e. The Morgan fingerprint density at radius 2 is 2.12 bits per heavy atom. The summed E-state index contributed by atoms with van der Waals surface area (Å²) >= 11 is 0. The number of para-hydroxylation sites is 2. The minimum absolute atomic E-state index is 0.126. The van der Waals surface area contributed by atoms with Gasteiger partial charge in [0.2, 0.25) is 11.9 Å². The molecule has 17 heavy (non-hydrogen) atoms. The van der Waals surface area contributed by atoms with Crippen molar-refractivity contribution < 1.29 is 4.79 Å². The van der Waals surface area contributed by atoms with Crippen molar-refractivity contribution in [3.05, 3.63) is 24.3 Å². The van der Waals surface area contributed by atoms with Crippen molar-refractivity contribution in [2.45, 2.75) is 19.9 Å². The number of anilines is 1. The van der Waals surface area contributed by atoms with Crippen LogP contribution in [-0.4, -0.2) is 21.9 Å². The van der Waals surface area contributed by atoms with E-state index in [1.165, 1.54) is 0 Å². The molecule has 0 spiro atoms. The molecule has 2 unspecified atom stereocenters. The van der Waals surface area contributed by atoms with Crippen LogP contribution in [0.1, 0.15) is 13.8 Å². The van der Waals surface area contributed by atoms with Gasteiger partial charge in [-0.15, -0.1) is 0 Å². The van der Waals surface area contributed by atoms with Crippen LogP contribution in [0.2, 0.25) is 0 Å². The quantitative estimate of drug-likeness (QED) is 0.749. The molecule has 1 aromatic heterocycles. The monoisotopic (exact) mass is 232 g/mol. The van der Waals surface area contributed by atoms with E-state index in [1.54, 1.807) is 6.92 Å². The zero-order valence-electron chi connectivity index (χ0n) is 9.90. The number of H-pyrrole nitrogens is 1. The number of aromatic nitrogens is 2. The second kappa shape index (κ2) is 4.55. The Balaban J connectivity index is 2.16. The van der Waals surface area contributed by atoms with E-state index in [9.17, 15) is 4.79 Å². The van der Waals surface area contributed by atoms with Gasteiger partial charge in [0.05, 0.1) is 17.0 Å². The van der Waals surface area contributed by atoms with Crippen LogP contribution in [0.3, 0.4) is 0 Å². The predicted octanol–water partition coefficient (Wildman–Crippen LogP) is 1.48. The van der Waals surface area contributed by atoms with Gasteiger partial charge in [0.15, 0.2) is 0 Å². The summed E-state index contributed by atoms with van der Waals surface area (Å²) in [5, 5.41) is 2.73. The molecule has 1 aromatic carbocycles. The number of carbonyl (C=O) groups is 1. The second-order valence-corrected chi connectivity index (χ2v) is 4.24. The number of rotatable bonds is 3. The maximum absolute atomic E-state index is 11.8. The molecule has 2 rings (SSSR count). The van der Waals surface area contributed by atoms with Crippen LogP contribution in [0.15, 0.2) is 24.3 Å². The molecule has 0 bridgehead atoms. The molecular formula is C12H16N4O. The van der Waals surface area contributed by atoms with Crippen molar-refractivity contribution >= 4 is 22.9 Å². The van der Waals surface area contributed by atoms with Crippen molar-refractivity contribution in [3.63, 3.8) is 0 Å². The molecule has 1 amide bonds. The Labute approximate surface area is 99.4 Å². The molecule has 0 saturated carbocycles. The lowest BCUT2D eigenvalue weighted by atomic mass is 10.0. The topological polar surface area (TPSA) is 83.8 Å². The van der Waals surface area contributed by atoms with E-state index in [-0.39, 0.29) is 17.9 Å². The summed E-state index contributed by atoms with van der Waals surface area (Å²) in [6.07, 6.45) is 0. The standard InChI is InChI=1S/C12H16N4O/c1-7(8(2)13)11(17)16-12-14-9-5-3-4-6-10(9)15-12/h3-8H,13H2,1-2H3,(H2,14,15,16,17).